The maximum absolute atomic E-state index is 13.3. The van der Waals surface area contributed by atoms with Crippen LogP contribution in [-0.4, -0.2) is 99.6 Å². The second kappa shape index (κ2) is 8.64. The van der Waals surface area contributed by atoms with Gasteiger partial charge in [0.1, 0.15) is 5.69 Å². The summed E-state index contributed by atoms with van der Waals surface area (Å²) in [7, 11) is 4.07. The van der Waals surface area contributed by atoms with Crippen molar-refractivity contribution in [1.29, 1.82) is 0 Å². The maximum Gasteiger partial charge on any atom is 0.275 e. The molecule has 9 heteroatoms. The number of H-pyrrole nitrogens is 1. The van der Waals surface area contributed by atoms with Crippen LogP contribution in [0.25, 0.3) is 0 Å². The standard InChI is InChI=1S/C20H31N7O2/c1-15-11-17(23-22-15)20(28)27-9-10-29-18(19(27)16-12-21-25(3)13-16)14-26-6-4-5-24(2)7-8-26/h11-13,18-19H,4-10,14H2,1-3H3,(H,22,23)/t18-,19-/m0/s1. The van der Waals surface area contributed by atoms with Gasteiger partial charge in [-0.25, -0.2) is 0 Å². The van der Waals surface area contributed by atoms with E-state index in [1.165, 1.54) is 0 Å². The molecule has 0 aromatic carbocycles. The SMILES string of the molecule is Cc1cc(C(=O)N2CCO[C@@H](CN3CCCN(C)CC3)[C@@H]2c2cnn(C)c2)n[nH]1. The molecule has 1 N–H and O–H groups in total. The summed E-state index contributed by atoms with van der Waals surface area (Å²) in [4.78, 5) is 20.0. The molecule has 1 amide bonds. The minimum Gasteiger partial charge on any atom is -0.373 e. The molecule has 2 saturated heterocycles. The van der Waals surface area contributed by atoms with Gasteiger partial charge in [-0.2, -0.15) is 10.2 Å². The predicted molar refractivity (Wildman–Crippen MR) is 109 cm³/mol. The second-order valence-corrected chi connectivity index (χ2v) is 8.19. The van der Waals surface area contributed by atoms with Gasteiger partial charge in [0.2, 0.25) is 0 Å². The summed E-state index contributed by atoms with van der Waals surface area (Å²) in [6, 6.07) is 1.63. The average Bonchev–Trinajstić information content (AvgIpc) is 3.27. The zero-order chi connectivity index (χ0) is 20.4. The second-order valence-electron chi connectivity index (χ2n) is 8.19. The van der Waals surface area contributed by atoms with Crippen molar-refractivity contribution in [3.05, 3.63) is 35.4 Å². The molecule has 2 aliphatic heterocycles. The highest BCUT2D eigenvalue weighted by Crippen LogP contribution is 2.31. The van der Waals surface area contributed by atoms with Crippen molar-refractivity contribution >= 4 is 5.91 Å². The van der Waals surface area contributed by atoms with Crippen LogP contribution in [0, 0.1) is 6.92 Å². The summed E-state index contributed by atoms with van der Waals surface area (Å²) in [6.07, 6.45) is 4.88. The third kappa shape index (κ3) is 4.52. The summed E-state index contributed by atoms with van der Waals surface area (Å²) in [5, 5.41) is 11.4. The van der Waals surface area contributed by atoms with Crippen molar-refractivity contribution in [3.8, 4) is 0 Å². The van der Waals surface area contributed by atoms with Gasteiger partial charge in [0.15, 0.2) is 0 Å². The molecule has 0 bridgehead atoms. The molecule has 2 fully saturated rings. The highest BCUT2D eigenvalue weighted by atomic mass is 16.5. The Hall–Kier alpha value is -2.23. The van der Waals surface area contributed by atoms with Gasteiger partial charge in [0.05, 0.1) is 24.9 Å². The molecule has 9 nitrogen and oxygen atoms in total. The van der Waals surface area contributed by atoms with E-state index >= 15 is 0 Å². The number of likely N-dealkylation sites (N-methyl/N-ethyl adjacent to an activating group) is 1. The molecular formula is C20H31N7O2. The number of aromatic nitrogens is 4. The fourth-order valence-corrected chi connectivity index (χ4v) is 4.31. The molecule has 0 spiro atoms. The van der Waals surface area contributed by atoms with Crippen LogP contribution in [0.2, 0.25) is 0 Å². The third-order valence-electron chi connectivity index (χ3n) is 5.85. The van der Waals surface area contributed by atoms with Crippen LogP contribution < -0.4 is 0 Å². The normalized spacial score (nSPS) is 24.6. The molecule has 158 valence electrons. The first-order valence-corrected chi connectivity index (χ1v) is 10.4. The van der Waals surface area contributed by atoms with Crippen LogP contribution in [0.5, 0.6) is 0 Å². The van der Waals surface area contributed by atoms with E-state index in [2.05, 4.69) is 32.1 Å². The van der Waals surface area contributed by atoms with Gasteiger partial charge in [-0.1, -0.05) is 0 Å². The van der Waals surface area contributed by atoms with E-state index < -0.39 is 0 Å². The number of amides is 1. The monoisotopic (exact) mass is 401 g/mol. The Bertz CT molecular complexity index is 832. The van der Waals surface area contributed by atoms with Crippen molar-refractivity contribution in [2.75, 3.05) is 52.9 Å². The minimum absolute atomic E-state index is 0.0629. The number of carbonyl (C=O) groups excluding carboxylic acids is 1. The molecule has 4 rings (SSSR count). The third-order valence-corrected chi connectivity index (χ3v) is 5.85. The van der Waals surface area contributed by atoms with Gasteiger partial charge < -0.3 is 14.5 Å². The molecule has 2 aromatic rings. The molecule has 2 aliphatic rings. The van der Waals surface area contributed by atoms with Crippen molar-refractivity contribution in [3.63, 3.8) is 0 Å². The highest BCUT2D eigenvalue weighted by Gasteiger charge is 2.39. The van der Waals surface area contributed by atoms with Crippen molar-refractivity contribution < 1.29 is 9.53 Å². The number of rotatable bonds is 4. The first-order valence-electron chi connectivity index (χ1n) is 10.4. The number of nitrogens with zero attached hydrogens (tertiary/aromatic N) is 6. The fourth-order valence-electron chi connectivity index (χ4n) is 4.31. The number of aromatic amines is 1. The van der Waals surface area contributed by atoms with Crippen LogP contribution in [0.3, 0.4) is 0 Å². The Morgan fingerprint density at radius 1 is 1.24 bits per heavy atom. The van der Waals surface area contributed by atoms with E-state index in [0.717, 1.165) is 50.4 Å². The molecule has 0 saturated carbocycles. The first kappa shape index (κ1) is 20.1. The highest BCUT2D eigenvalue weighted by molar-refractivity contribution is 5.92. The Kier molecular flexibility index (Phi) is 5.98. The number of carbonyl (C=O) groups is 1. The molecule has 29 heavy (non-hydrogen) atoms. The van der Waals surface area contributed by atoms with E-state index in [-0.39, 0.29) is 18.1 Å². The van der Waals surface area contributed by atoms with Gasteiger partial charge in [-0.3, -0.25) is 19.5 Å². The van der Waals surface area contributed by atoms with Crippen LogP contribution in [-0.2, 0) is 11.8 Å². The molecule has 2 aromatic heterocycles. The lowest BCUT2D eigenvalue weighted by Gasteiger charge is -2.42. The lowest BCUT2D eigenvalue weighted by atomic mass is 9.99. The minimum atomic E-state index is -0.178. The lowest BCUT2D eigenvalue weighted by Crippen LogP contribution is -2.52. The number of aryl methyl sites for hydroxylation is 2. The lowest BCUT2D eigenvalue weighted by molar-refractivity contribution is -0.0725. The summed E-state index contributed by atoms with van der Waals surface area (Å²) in [6.45, 7) is 8.03. The number of hydrogen-bond acceptors (Lipinski definition) is 6. The Morgan fingerprint density at radius 2 is 2.10 bits per heavy atom. The molecule has 0 unspecified atom stereocenters. The quantitative estimate of drug-likeness (QED) is 0.811. The van der Waals surface area contributed by atoms with Gasteiger partial charge in [-0.05, 0) is 39.5 Å². The van der Waals surface area contributed by atoms with Crippen LogP contribution >= 0.6 is 0 Å². The summed E-state index contributed by atoms with van der Waals surface area (Å²) >= 11 is 0. The van der Waals surface area contributed by atoms with Crippen LogP contribution in [0.1, 0.15) is 34.2 Å². The molecule has 0 aliphatic carbocycles. The van der Waals surface area contributed by atoms with E-state index in [1.54, 1.807) is 10.7 Å². The maximum atomic E-state index is 13.3. The molecule has 4 heterocycles. The number of ether oxygens (including phenoxy) is 1. The van der Waals surface area contributed by atoms with Crippen molar-refractivity contribution in [1.82, 2.24) is 34.7 Å². The van der Waals surface area contributed by atoms with E-state index in [0.29, 0.717) is 18.8 Å². The summed E-state index contributed by atoms with van der Waals surface area (Å²) in [5.74, 6) is -0.0629. The smallest absolute Gasteiger partial charge is 0.275 e. The van der Waals surface area contributed by atoms with Crippen molar-refractivity contribution in [2.45, 2.75) is 25.5 Å². The summed E-state index contributed by atoms with van der Waals surface area (Å²) < 4.78 is 8.01. The van der Waals surface area contributed by atoms with E-state index in [9.17, 15) is 4.79 Å². The van der Waals surface area contributed by atoms with E-state index in [1.807, 2.05) is 31.3 Å². The summed E-state index contributed by atoms with van der Waals surface area (Å²) in [5.41, 5.74) is 2.34. The number of morpholine rings is 1. The Labute approximate surface area is 171 Å². The predicted octanol–water partition coefficient (Wildman–Crippen LogP) is 0.671. The van der Waals surface area contributed by atoms with Crippen LogP contribution in [0.4, 0.5) is 0 Å². The topological polar surface area (TPSA) is 82.5 Å². The Balaban J connectivity index is 1.58. The van der Waals surface area contributed by atoms with E-state index in [4.69, 9.17) is 4.74 Å². The number of hydrogen-bond donors (Lipinski definition) is 1. The van der Waals surface area contributed by atoms with Gasteiger partial charge in [0.25, 0.3) is 5.91 Å². The number of nitrogens with one attached hydrogen (secondary N) is 1. The van der Waals surface area contributed by atoms with Crippen molar-refractivity contribution in [2.24, 2.45) is 7.05 Å². The first-order chi connectivity index (χ1) is 14.0. The molecule has 2 atom stereocenters. The molecular weight excluding hydrogens is 370 g/mol. The fraction of sp³-hybridized carbons (Fsp3) is 0.650. The largest absolute Gasteiger partial charge is 0.373 e. The van der Waals surface area contributed by atoms with Gasteiger partial charge in [0, 0.05) is 50.7 Å². The Morgan fingerprint density at radius 3 is 2.83 bits per heavy atom. The average molecular weight is 402 g/mol. The zero-order valence-corrected chi connectivity index (χ0v) is 17.5. The van der Waals surface area contributed by atoms with Crippen LogP contribution in [0.15, 0.2) is 18.5 Å². The van der Waals surface area contributed by atoms with Gasteiger partial charge in [-0.15, -0.1) is 0 Å². The zero-order valence-electron chi connectivity index (χ0n) is 17.5. The molecule has 0 radical (unpaired) electrons. The van der Waals surface area contributed by atoms with Gasteiger partial charge >= 0.3 is 0 Å².